The summed E-state index contributed by atoms with van der Waals surface area (Å²) in [6.07, 6.45) is 0.459. The number of amides is 3. The summed E-state index contributed by atoms with van der Waals surface area (Å²) in [7, 11) is 0. The van der Waals surface area contributed by atoms with Crippen LogP contribution in [0.25, 0.3) is 0 Å². The zero-order chi connectivity index (χ0) is 18.0. The molecule has 128 valence electrons. The minimum atomic E-state index is -1.05. The van der Waals surface area contributed by atoms with E-state index in [1.807, 2.05) is 0 Å². The number of rotatable bonds is 4. The molecule has 3 rings (SSSR count). The lowest BCUT2D eigenvalue weighted by atomic mass is 10.1. The largest absolute Gasteiger partial charge is 0.322 e. The van der Waals surface area contributed by atoms with Crippen molar-refractivity contribution in [1.29, 1.82) is 0 Å². The van der Waals surface area contributed by atoms with Gasteiger partial charge in [-0.05, 0) is 29.8 Å². The molecule has 0 saturated carbocycles. The molecule has 3 amide bonds. The van der Waals surface area contributed by atoms with Crippen molar-refractivity contribution >= 4 is 23.4 Å². The molecule has 1 fully saturated rings. The van der Waals surface area contributed by atoms with Crippen LogP contribution in [0.5, 0.6) is 0 Å². The summed E-state index contributed by atoms with van der Waals surface area (Å²) in [5.74, 6) is -2.93. The van der Waals surface area contributed by atoms with Crippen LogP contribution in [0.1, 0.15) is 28.8 Å². The van der Waals surface area contributed by atoms with Gasteiger partial charge in [-0.3, -0.25) is 19.3 Å². The van der Waals surface area contributed by atoms with Crippen LogP contribution < -0.4 is 5.32 Å². The molecule has 0 spiro atoms. The summed E-state index contributed by atoms with van der Waals surface area (Å²) in [5, 5.41) is 2.47. The molecule has 0 bridgehead atoms. The zero-order valence-electron chi connectivity index (χ0n) is 13.1. The molecular formula is C18H14F2N2O3. The summed E-state index contributed by atoms with van der Waals surface area (Å²) in [6, 6.07) is 9.43. The van der Waals surface area contributed by atoms with Gasteiger partial charge in [0.2, 0.25) is 11.8 Å². The number of halogens is 2. The predicted molar refractivity (Wildman–Crippen MR) is 85.5 cm³/mol. The molecule has 1 heterocycles. The Hall–Kier alpha value is -3.09. The molecule has 0 atom stereocenters. The van der Waals surface area contributed by atoms with Gasteiger partial charge in [0, 0.05) is 30.2 Å². The molecular weight excluding hydrogens is 330 g/mol. The summed E-state index contributed by atoms with van der Waals surface area (Å²) >= 11 is 0. The molecule has 7 heteroatoms. The number of anilines is 1. The van der Waals surface area contributed by atoms with Crippen LogP contribution in [0.15, 0.2) is 42.5 Å². The van der Waals surface area contributed by atoms with Crippen molar-refractivity contribution in [2.24, 2.45) is 0 Å². The van der Waals surface area contributed by atoms with E-state index in [1.54, 1.807) is 12.1 Å². The quantitative estimate of drug-likeness (QED) is 0.868. The number of nitrogens with zero attached hydrogens (tertiary/aromatic N) is 1. The van der Waals surface area contributed by atoms with E-state index in [2.05, 4.69) is 5.32 Å². The van der Waals surface area contributed by atoms with E-state index < -0.39 is 17.5 Å². The van der Waals surface area contributed by atoms with Gasteiger partial charge in [0.25, 0.3) is 5.91 Å². The van der Waals surface area contributed by atoms with Crippen molar-refractivity contribution in [2.75, 3.05) is 5.32 Å². The minimum Gasteiger partial charge on any atom is -0.322 e. The standard InChI is InChI=1S/C18H14F2N2O3/c19-14-6-5-13(9-15(14)20)21-18(25)12-3-1-11(2-4-12)10-22-16(23)7-8-17(22)24/h1-6,9H,7-8,10H2,(H,21,25). The van der Waals surface area contributed by atoms with Gasteiger partial charge in [-0.15, -0.1) is 0 Å². The van der Waals surface area contributed by atoms with Gasteiger partial charge >= 0.3 is 0 Å². The molecule has 1 N–H and O–H groups in total. The van der Waals surface area contributed by atoms with Crippen molar-refractivity contribution in [3.63, 3.8) is 0 Å². The summed E-state index contributed by atoms with van der Waals surface area (Å²) in [4.78, 5) is 36.5. The number of imide groups is 1. The Kier molecular flexibility index (Phi) is 4.56. The Bertz CT molecular complexity index is 834. The van der Waals surface area contributed by atoms with E-state index in [1.165, 1.54) is 23.1 Å². The first kappa shape index (κ1) is 16.8. The Morgan fingerprint density at radius 2 is 1.60 bits per heavy atom. The first-order valence-corrected chi connectivity index (χ1v) is 7.62. The number of carbonyl (C=O) groups excluding carboxylic acids is 3. The third-order valence-corrected chi connectivity index (χ3v) is 3.89. The van der Waals surface area contributed by atoms with Gasteiger partial charge < -0.3 is 5.32 Å². The molecule has 0 aromatic heterocycles. The molecule has 1 aliphatic rings. The summed E-state index contributed by atoms with van der Waals surface area (Å²) < 4.78 is 26.0. The van der Waals surface area contributed by atoms with Gasteiger partial charge in [0.05, 0.1) is 6.54 Å². The second kappa shape index (κ2) is 6.80. The van der Waals surface area contributed by atoms with Crippen molar-refractivity contribution in [3.8, 4) is 0 Å². The first-order valence-electron chi connectivity index (χ1n) is 7.62. The second-order valence-corrected chi connectivity index (χ2v) is 5.65. The molecule has 2 aromatic carbocycles. The number of likely N-dealkylation sites (tertiary alicyclic amines) is 1. The molecule has 25 heavy (non-hydrogen) atoms. The van der Waals surface area contributed by atoms with Crippen LogP contribution in [0.4, 0.5) is 14.5 Å². The highest BCUT2D eigenvalue weighted by Crippen LogP contribution is 2.17. The molecule has 1 saturated heterocycles. The van der Waals surface area contributed by atoms with Gasteiger partial charge in [0.15, 0.2) is 11.6 Å². The normalized spacial score (nSPS) is 14.1. The van der Waals surface area contributed by atoms with Crippen molar-refractivity contribution in [2.45, 2.75) is 19.4 Å². The smallest absolute Gasteiger partial charge is 0.255 e. The fraction of sp³-hybridized carbons (Fsp3) is 0.167. The average molecular weight is 344 g/mol. The van der Waals surface area contributed by atoms with E-state index in [9.17, 15) is 23.2 Å². The molecule has 2 aromatic rings. The highest BCUT2D eigenvalue weighted by molar-refractivity contribution is 6.04. The second-order valence-electron chi connectivity index (χ2n) is 5.65. The molecule has 0 radical (unpaired) electrons. The third kappa shape index (κ3) is 3.71. The minimum absolute atomic E-state index is 0.140. The van der Waals surface area contributed by atoms with Gasteiger partial charge in [-0.25, -0.2) is 8.78 Å². The number of benzene rings is 2. The van der Waals surface area contributed by atoms with Gasteiger partial charge in [-0.1, -0.05) is 12.1 Å². The predicted octanol–water partition coefficient (Wildman–Crippen LogP) is 2.87. The highest BCUT2D eigenvalue weighted by atomic mass is 19.2. The fourth-order valence-corrected chi connectivity index (χ4v) is 2.52. The first-order chi connectivity index (χ1) is 11.9. The summed E-state index contributed by atoms with van der Waals surface area (Å²) in [6.45, 7) is 0.169. The Morgan fingerprint density at radius 3 is 2.20 bits per heavy atom. The maximum Gasteiger partial charge on any atom is 0.255 e. The van der Waals surface area contributed by atoms with Crippen molar-refractivity contribution < 1.29 is 23.2 Å². The van der Waals surface area contributed by atoms with Crippen LogP contribution in [-0.4, -0.2) is 22.6 Å². The highest BCUT2D eigenvalue weighted by Gasteiger charge is 2.28. The molecule has 0 aliphatic carbocycles. The number of carbonyl (C=O) groups is 3. The van der Waals surface area contributed by atoms with Crippen LogP contribution in [0, 0.1) is 11.6 Å². The van der Waals surface area contributed by atoms with Crippen LogP contribution >= 0.6 is 0 Å². The maximum atomic E-state index is 13.2. The van der Waals surface area contributed by atoms with Gasteiger partial charge in [0.1, 0.15) is 0 Å². The number of hydrogen-bond donors (Lipinski definition) is 1. The van der Waals surface area contributed by atoms with Crippen LogP contribution in [-0.2, 0) is 16.1 Å². The van der Waals surface area contributed by atoms with E-state index in [0.29, 0.717) is 11.1 Å². The third-order valence-electron chi connectivity index (χ3n) is 3.89. The Morgan fingerprint density at radius 1 is 0.960 bits per heavy atom. The monoisotopic (exact) mass is 344 g/mol. The topological polar surface area (TPSA) is 66.5 Å². The zero-order valence-corrected chi connectivity index (χ0v) is 13.1. The Balaban J connectivity index is 1.67. The fourth-order valence-electron chi connectivity index (χ4n) is 2.52. The van der Waals surface area contributed by atoms with E-state index in [0.717, 1.165) is 12.1 Å². The SMILES string of the molecule is O=C(Nc1ccc(F)c(F)c1)c1ccc(CN2C(=O)CCC2=O)cc1. The number of hydrogen-bond acceptors (Lipinski definition) is 3. The lowest BCUT2D eigenvalue weighted by Gasteiger charge is -2.14. The summed E-state index contributed by atoms with van der Waals surface area (Å²) in [5.41, 5.74) is 1.17. The lowest BCUT2D eigenvalue weighted by Crippen LogP contribution is -2.28. The van der Waals surface area contributed by atoms with E-state index in [4.69, 9.17) is 0 Å². The average Bonchev–Trinajstić information content (AvgIpc) is 2.91. The van der Waals surface area contributed by atoms with Crippen molar-refractivity contribution in [1.82, 2.24) is 4.90 Å². The lowest BCUT2D eigenvalue weighted by molar-refractivity contribution is -0.139. The van der Waals surface area contributed by atoms with Crippen LogP contribution in [0.3, 0.4) is 0 Å². The molecule has 5 nitrogen and oxygen atoms in total. The van der Waals surface area contributed by atoms with E-state index >= 15 is 0 Å². The van der Waals surface area contributed by atoms with Crippen LogP contribution in [0.2, 0.25) is 0 Å². The van der Waals surface area contributed by atoms with E-state index in [-0.39, 0.29) is 36.9 Å². The van der Waals surface area contributed by atoms with Crippen molar-refractivity contribution in [3.05, 3.63) is 65.2 Å². The number of nitrogens with one attached hydrogen (secondary N) is 1. The maximum absolute atomic E-state index is 13.2. The van der Waals surface area contributed by atoms with Gasteiger partial charge in [-0.2, -0.15) is 0 Å². The molecule has 0 unspecified atom stereocenters. The molecule has 1 aliphatic heterocycles. The Labute approximate surface area is 142 Å².